The largest absolute Gasteiger partial charge is 0.472 e. The van der Waals surface area contributed by atoms with Crippen molar-refractivity contribution in [2.45, 2.75) is 354 Å². The van der Waals surface area contributed by atoms with Gasteiger partial charge in [-0.05, 0) is 19.3 Å². The lowest BCUT2D eigenvalue weighted by molar-refractivity contribution is -0.161. The minimum absolute atomic E-state index is 0.179. The molecule has 0 saturated carbocycles. The quantitative estimate of drug-likeness (QED) is 0.0259. The Hall–Kier alpha value is -1.52. The van der Waals surface area contributed by atoms with Gasteiger partial charge in [-0.3, -0.25) is 23.4 Å². The second-order valence-electron chi connectivity index (χ2n) is 22.0. The predicted octanol–water partition coefficient (Wildman–Crippen LogP) is 19.0. The summed E-state index contributed by atoms with van der Waals surface area (Å²) < 4.78 is 39.7. The highest BCUT2D eigenvalue weighted by molar-refractivity contribution is 7.47. The summed E-state index contributed by atoms with van der Waals surface area (Å²) in [6.07, 6.45) is 56.2. The van der Waals surface area contributed by atoms with Crippen molar-refractivity contribution in [3.8, 4) is 0 Å². The van der Waals surface area contributed by atoms with Gasteiger partial charge in [-0.1, -0.05) is 303 Å². The van der Waals surface area contributed by atoms with Gasteiger partial charge in [-0.2, -0.15) is 0 Å². The van der Waals surface area contributed by atoms with Crippen LogP contribution in [0.25, 0.3) is 0 Å². The zero-order valence-corrected chi connectivity index (χ0v) is 49.7. The van der Waals surface area contributed by atoms with Crippen molar-refractivity contribution in [3.63, 3.8) is 0 Å². The summed E-state index contributed by atoms with van der Waals surface area (Å²) in [6, 6.07) is 0. The highest BCUT2D eigenvalue weighted by Gasteiger charge is 2.28. The number of aliphatic hydroxyl groups is 1. The number of phosphoric acid groups is 1. The molecule has 12 heteroatoms. The maximum Gasteiger partial charge on any atom is 0.472 e. The molecule has 0 spiro atoms. The Kier molecular flexibility index (Phi) is 56.5. The van der Waals surface area contributed by atoms with E-state index in [4.69, 9.17) is 23.3 Å². The fourth-order valence-corrected chi connectivity index (χ4v) is 10.4. The van der Waals surface area contributed by atoms with E-state index < -0.39 is 57.8 Å². The highest BCUT2D eigenvalue weighted by Crippen LogP contribution is 2.43. The molecule has 0 aromatic heterocycles. The standard InChI is InChI=1S/C62H121O11P/c1-4-7-10-13-16-19-22-25-27-29-31-34-36-39-42-45-48-51-60(64)69-55-59(73-62(66)53-50-47-44-41-38-35-32-30-28-26-23-20-17-14-11-8-5-2)57-71-74(67,68)70-56-58(54-63)72-61(65)52-49-46-43-40-37-33-24-21-18-15-12-9-6-3/h58-59,63H,4-57H2,1-3H3,(H,67,68). The number of esters is 3. The van der Waals surface area contributed by atoms with E-state index in [2.05, 4.69) is 20.8 Å². The number of aliphatic hydroxyl groups excluding tert-OH is 1. The minimum atomic E-state index is -4.74. The van der Waals surface area contributed by atoms with Gasteiger partial charge < -0.3 is 24.2 Å². The van der Waals surface area contributed by atoms with Gasteiger partial charge >= 0.3 is 25.7 Å². The number of rotatable bonds is 61. The first-order valence-electron chi connectivity index (χ1n) is 31.9. The second-order valence-corrected chi connectivity index (χ2v) is 23.4. The van der Waals surface area contributed by atoms with Crippen LogP contribution in [0.5, 0.6) is 0 Å². The van der Waals surface area contributed by atoms with Gasteiger partial charge in [0.05, 0.1) is 19.8 Å². The first kappa shape index (κ1) is 72.5. The molecule has 0 radical (unpaired) electrons. The van der Waals surface area contributed by atoms with Gasteiger partial charge in [0.1, 0.15) is 12.7 Å². The fraction of sp³-hybridized carbons (Fsp3) is 0.952. The molecule has 0 fully saturated rings. The van der Waals surface area contributed by atoms with Crippen molar-refractivity contribution in [1.82, 2.24) is 0 Å². The molecule has 0 aliphatic carbocycles. The summed E-state index contributed by atoms with van der Waals surface area (Å²) in [5.74, 6) is -1.42. The smallest absolute Gasteiger partial charge is 0.462 e. The van der Waals surface area contributed by atoms with Crippen LogP contribution in [0, 0.1) is 0 Å². The second kappa shape index (κ2) is 57.6. The molecular formula is C62H121O11P. The summed E-state index contributed by atoms with van der Waals surface area (Å²) in [5, 5.41) is 9.83. The molecule has 0 saturated heterocycles. The Balaban J connectivity index is 4.63. The number of carbonyl (C=O) groups excluding carboxylic acids is 3. The lowest BCUT2D eigenvalue weighted by Crippen LogP contribution is -2.30. The van der Waals surface area contributed by atoms with Crippen molar-refractivity contribution in [2.75, 3.05) is 26.4 Å². The Morgan fingerprint density at radius 2 is 0.541 bits per heavy atom. The van der Waals surface area contributed by atoms with Gasteiger partial charge in [0.25, 0.3) is 0 Å². The first-order valence-corrected chi connectivity index (χ1v) is 33.4. The molecule has 0 aromatic rings. The summed E-state index contributed by atoms with van der Waals surface area (Å²) >= 11 is 0. The molecule has 0 aliphatic heterocycles. The van der Waals surface area contributed by atoms with E-state index in [0.29, 0.717) is 19.3 Å². The first-order chi connectivity index (χ1) is 36.2. The van der Waals surface area contributed by atoms with Crippen LogP contribution < -0.4 is 0 Å². The van der Waals surface area contributed by atoms with E-state index in [-0.39, 0.29) is 25.9 Å². The van der Waals surface area contributed by atoms with Crippen LogP contribution >= 0.6 is 7.82 Å². The molecular weight excluding hydrogens is 952 g/mol. The maximum atomic E-state index is 12.9. The Bertz CT molecular complexity index is 1250. The van der Waals surface area contributed by atoms with Crippen LogP contribution in [0.15, 0.2) is 0 Å². The SMILES string of the molecule is CCCCCCCCCCCCCCCCCCCC(=O)OCC(COP(=O)(O)OCC(CO)OC(=O)CCCCCCCCCCCCCCC)OC(=O)CCCCCCCCCCCCCCCCCCC. The van der Waals surface area contributed by atoms with E-state index in [1.165, 1.54) is 225 Å². The van der Waals surface area contributed by atoms with E-state index in [1.54, 1.807) is 0 Å². The zero-order valence-electron chi connectivity index (χ0n) is 48.9. The van der Waals surface area contributed by atoms with Crippen molar-refractivity contribution >= 4 is 25.7 Å². The van der Waals surface area contributed by atoms with Gasteiger partial charge in [0.2, 0.25) is 0 Å². The monoisotopic (exact) mass is 1070 g/mol. The number of hydrogen-bond acceptors (Lipinski definition) is 10. The summed E-state index contributed by atoms with van der Waals surface area (Å²) in [6.45, 7) is 4.74. The lowest BCUT2D eigenvalue weighted by atomic mass is 10.0. The van der Waals surface area contributed by atoms with Crippen molar-refractivity contribution in [2.24, 2.45) is 0 Å². The van der Waals surface area contributed by atoms with Crippen LogP contribution in [-0.2, 0) is 42.2 Å². The Morgan fingerprint density at radius 1 is 0.324 bits per heavy atom. The molecule has 2 N–H and O–H groups in total. The third-order valence-corrected chi connectivity index (χ3v) is 15.5. The maximum absolute atomic E-state index is 12.9. The molecule has 3 atom stereocenters. The fourth-order valence-electron chi connectivity index (χ4n) is 9.66. The van der Waals surface area contributed by atoms with Crippen LogP contribution in [0.3, 0.4) is 0 Å². The Morgan fingerprint density at radius 3 is 0.797 bits per heavy atom. The number of carbonyl (C=O) groups is 3. The Labute approximate surface area is 456 Å². The highest BCUT2D eigenvalue weighted by atomic mass is 31.2. The average molecular weight is 1070 g/mol. The zero-order chi connectivity index (χ0) is 54.1. The molecule has 11 nitrogen and oxygen atoms in total. The number of phosphoric ester groups is 1. The topological polar surface area (TPSA) is 155 Å². The van der Waals surface area contributed by atoms with Gasteiger partial charge in [0, 0.05) is 19.3 Å². The lowest BCUT2D eigenvalue weighted by Gasteiger charge is -2.21. The molecule has 0 heterocycles. The van der Waals surface area contributed by atoms with Crippen LogP contribution in [0.4, 0.5) is 0 Å². The van der Waals surface area contributed by atoms with Crippen molar-refractivity contribution in [3.05, 3.63) is 0 Å². The summed E-state index contributed by atoms with van der Waals surface area (Å²) in [4.78, 5) is 48.7. The normalized spacial score (nSPS) is 13.2. The molecule has 74 heavy (non-hydrogen) atoms. The van der Waals surface area contributed by atoms with E-state index >= 15 is 0 Å². The number of hydrogen-bond donors (Lipinski definition) is 2. The van der Waals surface area contributed by atoms with E-state index in [1.807, 2.05) is 0 Å². The van der Waals surface area contributed by atoms with Crippen molar-refractivity contribution in [1.29, 1.82) is 0 Å². The molecule has 0 aromatic carbocycles. The third kappa shape index (κ3) is 55.2. The van der Waals surface area contributed by atoms with Crippen LogP contribution in [0.1, 0.15) is 342 Å². The van der Waals surface area contributed by atoms with Gasteiger partial charge in [0.15, 0.2) is 6.10 Å². The van der Waals surface area contributed by atoms with Gasteiger partial charge in [-0.25, -0.2) is 4.57 Å². The molecule has 0 rings (SSSR count). The molecule has 440 valence electrons. The molecule has 0 aliphatic rings. The van der Waals surface area contributed by atoms with Crippen LogP contribution in [-0.4, -0.2) is 66.5 Å². The molecule has 3 unspecified atom stereocenters. The summed E-state index contributed by atoms with van der Waals surface area (Å²) in [5.41, 5.74) is 0. The molecule has 0 bridgehead atoms. The number of ether oxygens (including phenoxy) is 3. The number of unbranched alkanes of at least 4 members (excludes halogenated alkanes) is 44. The third-order valence-electron chi connectivity index (χ3n) is 14.5. The predicted molar refractivity (Wildman–Crippen MR) is 307 cm³/mol. The van der Waals surface area contributed by atoms with Crippen molar-refractivity contribution < 1.29 is 52.2 Å². The molecule has 0 amide bonds. The minimum Gasteiger partial charge on any atom is -0.462 e. The average Bonchev–Trinajstić information content (AvgIpc) is 3.39. The van der Waals surface area contributed by atoms with E-state index in [9.17, 15) is 28.9 Å². The van der Waals surface area contributed by atoms with Gasteiger partial charge in [-0.15, -0.1) is 0 Å². The van der Waals surface area contributed by atoms with E-state index in [0.717, 1.165) is 57.8 Å². The van der Waals surface area contributed by atoms with Crippen LogP contribution in [0.2, 0.25) is 0 Å². The summed E-state index contributed by atoms with van der Waals surface area (Å²) in [7, 11) is -4.74.